The average Bonchev–Trinajstić information content (AvgIpc) is 3.75. The van der Waals surface area contributed by atoms with Crippen molar-refractivity contribution in [2.75, 3.05) is 25.1 Å². The number of anilines is 1. The molecule has 3 aromatic rings. The Kier molecular flexibility index (Phi) is 11.2. The monoisotopic (exact) mass is 631 g/mol. The lowest BCUT2D eigenvalue weighted by atomic mass is 9.88. The highest BCUT2D eigenvalue weighted by atomic mass is 35.5. The predicted molar refractivity (Wildman–Crippen MR) is 181 cm³/mol. The summed E-state index contributed by atoms with van der Waals surface area (Å²) in [6.07, 6.45) is 8.57. The molecule has 3 aliphatic rings. The number of aliphatic hydroxyl groups is 1. The van der Waals surface area contributed by atoms with E-state index in [0.717, 1.165) is 61.1 Å². The SMILES string of the molecule is COc1ccc2c(c1)CC(NC[C@H](O)[C@H](Cc1ccccc1)NC(=O)c1cc(C3CCCC3)cc(N3CCCC3=O)c1)CC2.Cl. The largest absolute Gasteiger partial charge is 0.497 e. The second kappa shape index (κ2) is 15.3. The lowest BCUT2D eigenvalue weighted by Crippen LogP contribution is -2.50. The van der Waals surface area contributed by atoms with Gasteiger partial charge in [0.25, 0.3) is 5.91 Å². The van der Waals surface area contributed by atoms with Gasteiger partial charge in [0.1, 0.15) is 5.75 Å². The van der Waals surface area contributed by atoms with Gasteiger partial charge in [-0.05, 0) is 103 Å². The molecule has 3 aromatic carbocycles. The molecule has 1 saturated heterocycles. The standard InChI is InChI=1S/C37H45N3O4.ClH/c1-44-33-16-14-27-13-15-31(20-29(27)23-33)38-24-35(41)34(18-25-8-3-2-4-9-25)39-37(43)30-19-28(26-10-5-6-11-26)21-32(22-30)40-17-7-12-36(40)42;/h2-4,8-9,14,16,19,21-23,26,31,34-35,38,41H,5-7,10-13,15,17-18,20,24H2,1H3,(H,39,43);1H/t31?,34-,35-;/m0./s1. The van der Waals surface area contributed by atoms with Gasteiger partial charge in [-0.25, -0.2) is 0 Å². The van der Waals surface area contributed by atoms with Crippen LogP contribution in [0.15, 0.2) is 66.7 Å². The van der Waals surface area contributed by atoms with Crippen LogP contribution in [-0.4, -0.2) is 55.3 Å². The summed E-state index contributed by atoms with van der Waals surface area (Å²) >= 11 is 0. The van der Waals surface area contributed by atoms with Crippen molar-refractivity contribution >= 4 is 29.9 Å². The quantitative estimate of drug-likeness (QED) is 0.251. The minimum atomic E-state index is -0.788. The van der Waals surface area contributed by atoms with Crippen molar-refractivity contribution in [2.24, 2.45) is 0 Å². The predicted octanol–water partition coefficient (Wildman–Crippen LogP) is 5.75. The topological polar surface area (TPSA) is 90.9 Å². The fourth-order valence-corrected chi connectivity index (χ4v) is 7.20. The van der Waals surface area contributed by atoms with E-state index in [2.05, 4.69) is 28.8 Å². The maximum absolute atomic E-state index is 13.9. The highest BCUT2D eigenvalue weighted by Gasteiger charge is 2.28. The molecule has 2 fully saturated rings. The summed E-state index contributed by atoms with van der Waals surface area (Å²) in [7, 11) is 1.69. The Morgan fingerprint density at radius 2 is 1.78 bits per heavy atom. The second-order valence-electron chi connectivity index (χ2n) is 12.8. The molecule has 6 rings (SSSR count). The third-order valence-electron chi connectivity index (χ3n) is 9.75. The van der Waals surface area contributed by atoms with E-state index in [1.807, 2.05) is 53.4 Å². The van der Waals surface area contributed by atoms with Gasteiger partial charge in [0.05, 0.1) is 19.3 Å². The maximum atomic E-state index is 13.9. The highest BCUT2D eigenvalue weighted by molar-refractivity contribution is 5.99. The molecular formula is C37H46ClN3O4. The number of ether oxygens (including phenoxy) is 1. The number of halogens is 1. The molecule has 2 amide bonds. The molecule has 1 saturated carbocycles. The summed E-state index contributed by atoms with van der Waals surface area (Å²) < 4.78 is 5.43. The zero-order valence-electron chi connectivity index (χ0n) is 26.2. The highest BCUT2D eigenvalue weighted by Crippen LogP contribution is 2.37. The van der Waals surface area contributed by atoms with Crippen LogP contribution in [0.1, 0.15) is 83.5 Å². The molecule has 3 atom stereocenters. The number of benzene rings is 3. The summed E-state index contributed by atoms with van der Waals surface area (Å²) in [4.78, 5) is 28.4. The number of hydrogen-bond donors (Lipinski definition) is 3. The number of carbonyl (C=O) groups excluding carboxylic acids is 2. The molecule has 1 unspecified atom stereocenters. The first-order valence-corrected chi connectivity index (χ1v) is 16.3. The number of hydrogen-bond acceptors (Lipinski definition) is 5. The van der Waals surface area contributed by atoms with Crippen LogP contribution < -0.4 is 20.3 Å². The van der Waals surface area contributed by atoms with Crippen molar-refractivity contribution in [2.45, 2.75) is 88.3 Å². The van der Waals surface area contributed by atoms with Crippen LogP contribution in [-0.2, 0) is 24.1 Å². The van der Waals surface area contributed by atoms with Gasteiger partial charge in [0.15, 0.2) is 0 Å². The van der Waals surface area contributed by atoms with Crippen LogP contribution in [0.25, 0.3) is 0 Å². The van der Waals surface area contributed by atoms with Gasteiger partial charge in [0.2, 0.25) is 5.91 Å². The first-order chi connectivity index (χ1) is 21.5. The number of aliphatic hydroxyl groups excluding tert-OH is 1. The summed E-state index contributed by atoms with van der Waals surface area (Å²) in [6, 6.07) is 22.0. The van der Waals surface area contributed by atoms with E-state index < -0.39 is 12.1 Å². The van der Waals surface area contributed by atoms with Crippen LogP contribution in [0.4, 0.5) is 5.69 Å². The summed E-state index contributed by atoms with van der Waals surface area (Å²) in [6.45, 7) is 1.06. The Morgan fingerprint density at radius 3 is 2.51 bits per heavy atom. The van der Waals surface area contributed by atoms with Crippen molar-refractivity contribution in [3.05, 3.63) is 94.5 Å². The van der Waals surface area contributed by atoms with Gasteiger partial charge >= 0.3 is 0 Å². The van der Waals surface area contributed by atoms with E-state index in [1.54, 1.807) is 7.11 Å². The number of nitrogens with zero attached hydrogens (tertiary/aromatic N) is 1. The van der Waals surface area contributed by atoms with Gasteiger partial charge in [-0.2, -0.15) is 0 Å². The van der Waals surface area contributed by atoms with E-state index in [0.29, 0.717) is 37.4 Å². The minimum Gasteiger partial charge on any atom is -0.497 e. The molecule has 8 heteroatoms. The van der Waals surface area contributed by atoms with Gasteiger partial charge in [0, 0.05) is 36.8 Å². The lowest BCUT2D eigenvalue weighted by molar-refractivity contribution is -0.117. The van der Waals surface area contributed by atoms with Crippen LogP contribution in [0, 0.1) is 0 Å². The van der Waals surface area contributed by atoms with Crippen molar-refractivity contribution in [1.82, 2.24) is 10.6 Å². The molecule has 2 aliphatic carbocycles. The number of nitrogens with one attached hydrogen (secondary N) is 2. The molecule has 7 nitrogen and oxygen atoms in total. The Bertz CT molecular complexity index is 1460. The molecule has 1 heterocycles. The molecule has 0 radical (unpaired) electrons. The zero-order chi connectivity index (χ0) is 30.5. The molecule has 0 bridgehead atoms. The van der Waals surface area contributed by atoms with Crippen molar-refractivity contribution in [3.63, 3.8) is 0 Å². The molecule has 3 N–H and O–H groups in total. The summed E-state index contributed by atoms with van der Waals surface area (Å²) in [5, 5.41) is 18.3. The fourth-order valence-electron chi connectivity index (χ4n) is 7.20. The summed E-state index contributed by atoms with van der Waals surface area (Å²) in [5.74, 6) is 1.18. The average molecular weight is 632 g/mol. The van der Waals surface area contributed by atoms with Crippen molar-refractivity contribution in [3.8, 4) is 5.75 Å². The van der Waals surface area contributed by atoms with E-state index in [9.17, 15) is 14.7 Å². The van der Waals surface area contributed by atoms with Crippen LogP contribution in [0.5, 0.6) is 5.75 Å². The number of methoxy groups -OCH3 is 1. The Labute approximate surface area is 273 Å². The molecule has 45 heavy (non-hydrogen) atoms. The van der Waals surface area contributed by atoms with Gasteiger partial charge in [-0.1, -0.05) is 49.2 Å². The summed E-state index contributed by atoms with van der Waals surface area (Å²) in [5.41, 5.74) is 6.21. The third-order valence-corrected chi connectivity index (χ3v) is 9.75. The van der Waals surface area contributed by atoms with Crippen LogP contribution in [0.3, 0.4) is 0 Å². The molecule has 1 aliphatic heterocycles. The normalized spacial score (nSPS) is 19.5. The van der Waals surface area contributed by atoms with E-state index in [-0.39, 0.29) is 30.3 Å². The first-order valence-electron chi connectivity index (χ1n) is 16.3. The number of fused-ring (bicyclic) bond motifs is 1. The second-order valence-corrected chi connectivity index (χ2v) is 12.8. The first kappa shape index (κ1) is 33.0. The number of amides is 2. The van der Waals surface area contributed by atoms with E-state index in [1.165, 1.54) is 24.0 Å². The van der Waals surface area contributed by atoms with Gasteiger partial charge < -0.3 is 25.4 Å². The van der Waals surface area contributed by atoms with Gasteiger partial charge in [-0.15, -0.1) is 12.4 Å². The third kappa shape index (κ3) is 8.07. The number of rotatable bonds is 11. The number of carbonyl (C=O) groups is 2. The van der Waals surface area contributed by atoms with E-state index in [4.69, 9.17) is 4.74 Å². The zero-order valence-corrected chi connectivity index (χ0v) is 27.0. The van der Waals surface area contributed by atoms with E-state index >= 15 is 0 Å². The Balaban J connectivity index is 0.00000400. The molecule has 240 valence electrons. The smallest absolute Gasteiger partial charge is 0.251 e. The maximum Gasteiger partial charge on any atom is 0.251 e. The fraction of sp³-hybridized carbons (Fsp3) is 0.459. The Morgan fingerprint density at radius 1 is 0.978 bits per heavy atom. The molecule has 0 spiro atoms. The number of aryl methyl sites for hydroxylation is 1. The van der Waals surface area contributed by atoms with Crippen molar-refractivity contribution in [1.29, 1.82) is 0 Å². The minimum absolute atomic E-state index is 0. The van der Waals surface area contributed by atoms with Crippen molar-refractivity contribution < 1.29 is 19.4 Å². The molecular weight excluding hydrogens is 586 g/mol. The van der Waals surface area contributed by atoms with Crippen LogP contribution in [0.2, 0.25) is 0 Å². The Hall–Kier alpha value is -3.39. The molecule has 0 aromatic heterocycles. The van der Waals surface area contributed by atoms with Gasteiger partial charge in [-0.3, -0.25) is 9.59 Å². The van der Waals surface area contributed by atoms with Crippen LogP contribution >= 0.6 is 12.4 Å². The lowest BCUT2D eigenvalue weighted by Gasteiger charge is -2.30.